The summed E-state index contributed by atoms with van der Waals surface area (Å²) in [6.45, 7) is 3.99. The monoisotopic (exact) mass is 653 g/mol. The largest absolute Gasteiger partial charge is 0.481 e. The Labute approximate surface area is 280 Å². The third kappa shape index (κ3) is 7.84. The van der Waals surface area contributed by atoms with Crippen LogP contribution in [0.25, 0.3) is 0 Å². The van der Waals surface area contributed by atoms with Gasteiger partial charge in [0, 0.05) is 17.9 Å². The van der Waals surface area contributed by atoms with E-state index in [1.54, 1.807) is 59.5 Å². The molecule has 6 amide bonds. The first-order valence-corrected chi connectivity index (χ1v) is 16.5. The van der Waals surface area contributed by atoms with Crippen LogP contribution in [0.5, 0.6) is 0 Å². The highest BCUT2D eigenvalue weighted by molar-refractivity contribution is 6.10. The minimum Gasteiger partial charge on any atom is -0.481 e. The maximum atomic E-state index is 14.4. The Morgan fingerprint density at radius 2 is 1.40 bits per heavy atom. The fraction of sp³-hybridized carbons (Fsp3) is 0.378. The molecule has 11 nitrogen and oxygen atoms in total. The van der Waals surface area contributed by atoms with Gasteiger partial charge in [0.2, 0.25) is 5.91 Å². The number of amides is 6. The van der Waals surface area contributed by atoms with Crippen LogP contribution in [0.3, 0.4) is 0 Å². The molecule has 0 radical (unpaired) electrons. The molecule has 252 valence electrons. The predicted molar refractivity (Wildman–Crippen MR) is 182 cm³/mol. The van der Waals surface area contributed by atoms with Crippen LogP contribution in [0.4, 0.5) is 21.0 Å². The summed E-state index contributed by atoms with van der Waals surface area (Å²) >= 11 is 0. The summed E-state index contributed by atoms with van der Waals surface area (Å²) in [7, 11) is 0. The van der Waals surface area contributed by atoms with E-state index in [0.717, 1.165) is 29.7 Å². The number of nitrogens with one attached hydrogen (secondary N) is 3. The molecular formula is C37H43N5O6. The Balaban J connectivity index is 1.37. The van der Waals surface area contributed by atoms with Crippen LogP contribution in [-0.4, -0.2) is 56.3 Å². The SMILES string of the molecule is CC(C)CC(C(=O)NC(CC(=O)O)c1ccccc1)N1C(=O)N(Cc2ccc(NC(=O)Nc3ccccc3)cc2)C2(CCCCC2)C1=O. The standard InChI is InChI=1S/C37H43N5O6/c1-25(2)22-31(33(45)40-30(23-32(43)44)27-12-6-3-7-13-27)42-34(46)37(20-10-5-11-21-37)41(36(42)48)24-26-16-18-29(19-17-26)39-35(47)38-28-14-8-4-9-15-28/h3-4,6-9,12-19,25,30-31H,5,10-11,20-24H2,1-2H3,(H,40,45)(H,43,44)(H2,38,39,47). The molecule has 1 saturated heterocycles. The van der Waals surface area contributed by atoms with Crippen molar-refractivity contribution in [3.63, 3.8) is 0 Å². The van der Waals surface area contributed by atoms with Crippen molar-refractivity contribution >= 4 is 41.2 Å². The summed E-state index contributed by atoms with van der Waals surface area (Å²) < 4.78 is 0. The van der Waals surface area contributed by atoms with Crippen LogP contribution in [0, 0.1) is 5.92 Å². The second kappa shape index (κ2) is 15.1. The highest BCUT2D eigenvalue weighted by Gasteiger charge is 2.59. The molecule has 1 spiro atoms. The number of hydrogen-bond donors (Lipinski definition) is 4. The molecule has 2 unspecified atom stereocenters. The third-order valence-corrected chi connectivity index (χ3v) is 9.04. The lowest BCUT2D eigenvalue weighted by atomic mass is 9.80. The summed E-state index contributed by atoms with van der Waals surface area (Å²) in [5.74, 6) is -2.05. The zero-order valence-corrected chi connectivity index (χ0v) is 27.4. The smallest absolute Gasteiger partial charge is 0.328 e. The van der Waals surface area contributed by atoms with E-state index in [2.05, 4.69) is 16.0 Å². The van der Waals surface area contributed by atoms with Crippen LogP contribution in [0.15, 0.2) is 84.9 Å². The zero-order valence-electron chi connectivity index (χ0n) is 27.4. The number of carboxylic acids is 1. The molecule has 1 aliphatic carbocycles. The van der Waals surface area contributed by atoms with Crippen LogP contribution in [0.2, 0.25) is 0 Å². The van der Waals surface area contributed by atoms with E-state index in [1.807, 2.05) is 44.2 Å². The molecule has 5 rings (SSSR count). The molecule has 1 heterocycles. The number of hydrogen-bond acceptors (Lipinski definition) is 5. The average molecular weight is 654 g/mol. The first-order valence-electron chi connectivity index (χ1n) is 16.5. The first-order chi connectivity index (χ1) is 23.1. The first kappa shape index (κ1) is 34.2. The van der Waals surface area contributed by atoms with Gasteiger partial charge in [-0.15, -0.1) is 0 Å². The fourth-order valence-corrected chi connectivity index (χ4v) is 6.70. The summed E-state index contributed by atoms with van der Waals surface area (Å²) in [6, 6.07) is 22.2. The van der Waals surface area contributed by atoms with Gasteiger partial charge in [-0.05, 0) is 60.6 Å². The Kier molecular flexibility index (Phi) is 10.8. The molecular weight excluding hydrogens is 610 g/mol. The number of carbonyl (C=O) groups is 5. The Bertz CT molecular complexity index is 1610. The van der Waals surface area contributed by atoms with Gasteiger partial charge >= 0.3 is 18.0 Å². The molecule has 2 fully saturated rings. The van der Waals surface area contributed by atoms with Gasteiger partial charge in [0.05, 0.1) is 12.5 Å². The molecule has 0 bridgehead atoms. The number of carboxylic acid groups (broad SMARTS) is 1. The van der Waals surface area contributed by atoms with Gasteiger partial charge < -0.3 is 26.0 Å². The van der Waals surface area contributed by atoms with Gasteiger partial charge in [0.25, 0.3) is 5.91 Å². The van der Waals surface area contributed by atoms with E-state index in [-0.39, 0.29) is 31.2 Å². The van der Waals surface area contributed by atoms with Crippen LogP contribution >= 0.6 is 0 Å². The van der Waals surface area contributed by atoms with Gasteiger partial charge in [0.15, 0.2) is 0 Å². The quantitative estimate of drug-likeness (QED) is 0.163. The second-order valence-corrected chi connectivity index (χ2v) is 13.0. The number of imide groups is 1. The van der Waals surface area contributed by atoms with E-state index < -0.39 is 41.6 Å². The maximum Gasteiger partial charge on any atom is 0.328 e. The van der Waals surface area contributed by atoms with Crippen molar-refractivity contribution in [1.82, 2.24) is 15.1 Å². The number of aliphatic carboxylic acids is 1. The van der Waals surface area contributed by atoms with E-state index >= 15 is 0 Å². The van der Waals surface area contributed by atoms with Crippen molar-refractivity contribution in [2.24, 2.45) is 5.92 Å². The summed E-state index contributed by atoms with van der Waals surface area (Å²) in [5, 5.41) is 18.0. The van der Waals surface area contributed by atoms with Crippen LogP contribution in [0.1, 0.15) is 76.0 Å². The van der Waals surface area contributed by atoms with Crippen LogP contribution in [-0.2, 0) is 20.9 Å². The zero-order chi connectivity index (χ0) is 34.3. The van der Waals surface area contributed by atoms with E-state index in [1.165, 1.54) is 0 Å². The van der Waals surface area contributed by atoms with Crippen molar-refractivity contribution in [1.29, 1.82) is 0 Å². The lowest BCUT2D eigenvalue weighted by molar-refractivity contribution is -0.142. The molecule has 2 atom stereocenters. The highest BCUT2D eigenvalue weighted by Crippen LogP contribution is 2.43. The molecule has 0 aromatic heterocycles. The number of benzene rings is 3. The number of carbonyl (C=O) groups excluding carboxylic acids is 4. The molecule has 11 heteroatoms. The number of nitrogens with zero attached hydrogens (tertiary/aromatic N) is 2. The molecule has 48 heavy (non-hydrogen) atoms. The van der Waals surface area contributed by atoms with E-state index in [0.29, 0.717) is 29.8 Å². The molecule has 1 aliphatic heterocycles. The summed E-state index contributed by atoms with van der Waals surface area (Å²) in [6.07, 6.45) is 3.38. The molecule has 3 aromatic rings. The van der Waals surface area contributed by atoms with Crippen molar-refractivity contribution in [2.45, 2.75) is 83.0 Å². The van der Waals surface area contributed by atoms with Crippen LogP contribution < -0.4 is 16.0 Å². The minimum atomic E-state index is -1.11. The van der Waals surface area contributed by atoms with E-state index in [4.69, 9.17) is 0 Å². The Morgan fingerprint density at radius 1 is 0.812 bits per heavy atom. The van der Waals surface area contributed by atoms with Crippen molar-refractivity contribution in [3.8, 4) is 0 Å². The van der Waals surface area contributed by atoms with Gasteiger partial charge in [-0.1, -0.05) is 93.8 Å². The van der Waals surface area contributed by atoms with Crippen molar-refractivity contribution in [2.75, 3.05) is 10.6 Å². The van der Waals surface area contributed by atoms with Gasteiger partial charge in [-0.25, -0.2) is 14.5 Å². The van der Waals surface area contributed by atoms with E-state index in [9.17, 15) is 29.1 Å². The maximum absolute atomic E-state index is 14.4. The molecule has 1 saturated carbocycles. The molecule has 4 N–H and O–H groups in total. The van der Waals surface area contributed by atoms with Gasteiger partial charge in [0.1, 0.15) is 11.6 Å². The Morgan fingerprint density at radius 3 is 1.98 bits per heavy atom. The number of para-hydroxylation sites is 1. The third-order valence-electron chi connectivity index (χ3n) is 9.04. The lowest BCUT2D eigenvalue weighted by Crippen LogP contribution is -2.53. The second-order valence-electron chi connectivity index (χ2n) is 13.0. The number of urea groups is 2. The average Bonchev–Trinajstić information content (AvgIpc) is 3.25. The van der Waals surface area contributed by atoms with Crippen molar-refractivity contribution in [3.05, 3.63) is 96.1 Å². The summed E-state index contributed by atoms with van der Waals surface area (Å²) in [4.78, 5) is 69.7. The lowest BCUT2D eigenvalue weighted by Gasteiger charge is -2.38. The topological polar surface area (TPSA) is 148 Å². The molecule has 2 aliphatic rings. The number of anilines is 2. The Hall–Kier alpha value is -5.19. The summed E-state index contributed by atoms with van der Waals surface area (Å²) in [5.41, 5.74) is 1.54. The van der Waals surface area contributed by atoms with Gasteiger partial charge in [-0.2, -0.15) is 0 Å². The molecule has 3 aromatic carbocycles. The van der Waals surface area contributed by atoms with Gasteiger partial charge in [-0.3, -0.25) is 14.4 Å². The minimum absolute atomic E-state index is 0.0357. The van der Waals surface area contributed by atoms with Crippen molar-refractivity contribution < 1.29 is 29.1 Å². The number of rotatable bonds is 12. The predicted octanol–water partition coefficient (Wildman–Crippen LogP) is 6.54. The highest BCUT2D eigenvalue weighted by atomic mass is 16.4. The normalized spacial score (nSPS) is 16.9. The fourth-order valence-electron chi connectivity index (χ4n) is 6.70.